The molecule has 2 amide bonds. The number of benzene rings is 1. The molecule has 1 aromatic carbocycles. The van der Waals surface area contributed by atoms with Gasteiger partial charge >= 0.3 is 0 Å². The third kappa shape index (κ3) is 4.71. The van der Waals surface area contributed by atoms with Gasteiger partial charge in [-0.2, -0.15) is 0 Å². The summed E-state index contributed by atoms with van der Waals surface area (Å²) in [7, 11) is 0. The SMILES string of the molecule is CC(C)(C)c1ncc(NC(=O)[C@@H]2CCCN(C(=O)c3ccc(F)cc3)C2)cn1. The highest BCUT2D eigenvalue weighted by molar-refractivity contribution is 5.96. The number of amides is 2. The maximum Gasteiger partial charge on any atom is 0.253 e. The van der Waals surface area contributed by atoms with Gasteiger partial charge in [-0.15, -0.1) is 0 Å². The molecule has 28 heavy (non-hydrogen) atoms. The minimum atomic E-state index is -0.382. The first kappa shape index (κ1) is 19.9. The summed E-state index contributed by atoms with van der Waals surface area (Å²) in [5, 5.41) is 2.85. The lowest BCUT2D eigenvalue weighted by Crippen LogP contribution is -2.43. The van der Waals surface area contributed by atoms with Crippen LogP contribution in [-0.2, 0) is 10.2 Å². The number of carbonyl (C=O) groups is 2. The lowest BCUT2D eigenvalue weighted by molar-refractivity contribution is -0.121. The highest BCUT2D eigenvalue weighted by Gasteiger charge is 2.29. The second-order valence-electron chi connectivity index (χ2n) is 8.13. The van der Waals surface area contributed by atoms with E-state index in [1.165, 1.54) is 24.3 Å². The zero-order valence-corrected chi connectivity index (χ0v) is 16.4. The van der Waals surface area contributed by atoms with E-state index >= 15 is 0 Å². The van der Waals surface area contributed by atoms with E-state index in [-0.39, 0.29) is 29.0 Å². The van der Waals surface area contributed by atoms with E-state index in [9.17, 15) is 14.0 Å². The van der Waals surface area contributed by atoms with Crippen LogP contribution in [0.5, 0.6) is 0 Å². The molecule has 7 heteroatoms. The Morgan fingerprint density at radius 1 is 1.14 bits per heavy atom. The average Bonchev–Trinajstić information content (AvgIpc) is 2.68. The van der Waals surface area contributed by atoms with Crippen LogP contribution in [0.1, 0.15) is 49.8 Å². The van der Waals surface area contributed by atoms with E-state index in [2.05, 4.69) is 15.3 Å². The second kappa shape index (κ2) is 8.04. The van der Waals surface area contributed by atoms with Crippen molar-refractivity contribution >= 4 is 17.5 Å². The van der Waals surface area contributed by atoms with Gasteiger partial charge in [0.2, 0.25) is 5.91 Å². The Labute approximate surface area is 164 Å². The van der Waals surface area contributed by atoms with Crippen molar-refractivity contribution < 1.29 is 14.0 Å². The summed E-state index contributed by atoms with van der Waals surface area (Å²) in [5.74, 6) is -0.314. The van der Waals surface area contributed by atoms with Crippen LogP contribution in [0.25, 0.3) is 0 Å². The Morgan fingerprint density at radius 3 is 2.39 bits per heavy atom. The zero-order chi connectivity index (χ0) is 20.3. The maximum absolute atomic E-state index is 13.1. The van der Waals surface area contributed by atoms with Crippen LogP contribution < -0.4 is 5.32 Å². The molecule has 1 atom stereocenters. The first-order valence-electron chi connectivity index (χ1n) is 9.42. The quantitative estimate of drug-likeness (QED) is 0.880. The molecule has 0 bridgehead atoms. The molecule has 0 aliphatic carbocycles. The van der Waals surface area contributed by atoms with Gasteiger partial charge in [0.15, 0.2) is 0 Å². The number of likely N-dealkylation sites (tertiary alicyclic amines) is 1. The predicted molar refractivity (Wildman–Crippen MR) is 104 cm³/mol. The summed E-state index contributed by atoms with van der Waals surface area (Å²) in [6.07, 6.45) is 4.66. The fourth-order valence-corrected chi connectivity index (χ4v) is 3.17. The molecular formula is C21H25FN4O2. The van der Waals surface area contributed by atoms with Gasteiger partial charge in [-0.3, -0.25) is 9.59 Å². The predicted octanol–water partition coefficient (Wildman–Crippen LogP) is 3.40. The number of hydrogen-bond donors (Lipinski definition) is 1. The molecule has 2 aromatic rings. The minimum absolute atomic E-state index is 0.149. The Morgan fingerprint density at radius 2 is 1.79 bits per heavy atom. The lowest BCUT2D eigenvalue weighted by atomic mass is 9.95. The third-order valence-corrected chi connectivity index (χ3v) is 4.76. The highest BCUT2D eigenvalue weighted by Crippen LogP contribution is 2.22. The van der Waals surface area contributed by atoms with Crippen LogP contribution in [0.15, 0.2) is 36.7 Å². The van der Waals surface area contributed by atoms with Gasteiger partial charge in [0.25, 0.3) is 5.91 Å². The Kier molecular flexibility index (Phi) is 5.72. The summed E-state index contributed by atoms with van der Waals surface area (Å²) in [5.41, 5.74) is 0.807. The fraction of sp³-hybridized carbons (Fsp3) is 0.429. The Bertz CT molecular complexity index is 844. The van der Waals surface area contributed by atoms with Gasteiger partial charge in [0, 0.05) is 24.1 Å². The number of halogens is 1. The van der Waals surface area contributed by atoms with Crippen molar-refractivity contribution in [3.05, 3.63) is 53.9 Å². The summed E-state index contributed by atoms with van der Waals surface area (Å²) in [6.45, 7) is 6.99. The van der Waals surface area contributed by atoms with Gasteiger partial charge in [0.05, 0.1) is 24.0 Å². The van der Waals surface area contributed by atoms with Crippen LogP contribution in [0, 0.1) is 11.7 Å². The fourth-order valence-electron chi connectivity index (χ4n) is 3.17. The monoisotopic (exact) mass is 384 g/mol. The number of carbonyl (C=O) groups excluding carboxylic acids is 2. The zero-order valence-electron chi connectivity index (χ0n) is 16.4. The molecule has 1 saturated heterocycles. The topological polar surface area (TPSA) is 75.2 Å². The third-order valence-electron chi connectivity index (χ3n) is 4.76. The van der Waals surface area contributed by atoms with Crippen molar-refractivity contribution in [2.24, 2.45) is 5.92 Å². The molecule has 0 radical (unpaired) electrons. The molecule has 148 valence electrons. The van der Waals surface area contributed by atoms with Crippen molar-refractivity contribution in [2.45, 2.75) is 39.0 Å². The van der Waals surface area contributed by atoms with Crippen LogP contribution in [0.3, 0.4) is 0 Å². The molecule has 1 aliphatic rings. The molecular weight excluding hydrogens is 359 g/mol. The van der Waals surface area contributed by atoms with Gasteiger partial charge in [-0.1, -0.05) is 20.8 Å². The second-order valence-corrected chi connectivity index (χ2v) is 8.13. The first-order chi connectivity index (χ1) is 13.2. The summed E-state index contributed by atoms with van der Waals surface area (Å²) in [4.78, 5) is 35.6. The van der Waals surface area contributed by atoms with Crippen molar-refractivity contribution in [1.29, 1.82) is 0 Å². The van der Waals surface area contributed by atoms with Gasteiger partial charge < -0.3 is 10.2 Å². The minimum Gasteiger partial charge on any atom is -0.338 e. The van der Waals surface area contributed by atoms with Crippen molar-refractivity contribution in [2.75, 3.05) is 18.4 Å². The van der Waals surface area contributed by atoms with Crippen LogP contribution in [0.4, 0.5) is 10.1 Å². The number of piperidine rings is 1. The molecule has 1 fully saturated rings. The molecule has 0 spiro atoms. The van der Waals surface area contributed by atoms with Gasteiger partial charge in [-0.05, 0) is 37.1 Å². The number of rotatable bonds is 3. The van der Waals surface area contributed by atoms with E-state index < -0.39 is 0 Å². The summed E-state index contributed by atoms with van der Waals surface area (Å²) in [6, 6.07) is 5.47. The van der Waals surface area contributed by atoms with E-state index in [4.69, 9.17) is 0 Å². The van der Waals surface area contributed by atoms with Gasteiger partial charge in [-0.25, -0.2) is 14.4 Å². The molecule has 1 aliphatic heterocycles. The number of hydrogen-bond acceptors (Lipinski definition) is 4. The molecule has 6 nitrogen and oxygen atoms in total. The molecule has 1 aromatic heterocycles. The number of nitrogens with zero attached hydrogens (tertiary/aromatic N) is 3. The molecule has 1 N–H and O–H groups in total. The van der Waals surface area contributed by atoms with Crippen molar-refractivity contribution in [3.8, 4) is 0 Å². The summed E-state index contributed by atoms with van der Waals surface area (Å²) < 4.78 is 13.1. The normalized spacial score (nSPS) is 17.3. The molecule has 0 unspecified atom stereocenters. The van der Waals surface area contributed by atoms with Crippen LogP contribution >= 0.6 is 0 Å². The lowest BCUT2D eigenvalue weighted by Gasteiger charge is -2.32. The van der Waals surface area contributed by atoms with Crippen molar-refractivity contribution in [3.63, 3.8) is 0 Å². The summed E-state index contributed by atoms with van der Waals surface area (Å²) >= 11 is 0. The Balaban J connectivity index is 1.62. The largest absolute Gasteiger partial charge is 0.338 e. The average molecular weight is 384 g/mol. The smallest absolute Gasteiger partial charge is 0.253 e. The number of nitrogens with one attached hydrogen (secondary N) is 1. The first-order valence-corrected chi connectivity index (χ1v) is 9.42. The van der Waals surface area contributed by atoms with Crippen LogP contribution in [0.2, 0.25) is 0 Å². The molecule has 2 heterocycles. The van der Waals surface area contributed by atoms with E-state index in [0.29, 0.717) is 36.6 Å². The standard InChI is InChI=1S/C21H25FN4O2/c1-21(2,3)20-23-11-17(12-24-20)25-18(27)15-5-4-10-26(13-15)19(28)14-6-8-16(22)9-7-14/h6-9,11-12,15H,4-5,10,13H2,1-3H3,(H,25,27)/t15-/m1/s1. The Hall–Kier alpha value is -2.83. The number of aromatic nitrogens is 2. The van der Waals surface area contributed by atoms with E-state index in [1.54, 1.807) is 17.3 Å². The number of anilines is 1. The molecule has 3 rings (SSSR count). The molecule has 0 saturated carbocycles. The van der Waals surface area contributed by atoms with Gasteiger partial charge in [0.1, 0.15) is 11.6 Å². The maximum atomic E-state index is 13.1. The van der Waals surface area contributed by atoms with E-state index in [0.717, 1.165) is 6.42 Å². The van der Waals surface area contributed by atoms with Crippen LogP contribution in [-0.4, -0.2) is 39.8 Å². The van der Waals surface area contributed by atoms with Crippen molar-refractivity contribution in [1.82, 2.24) is 14.9 Å². The highest BCUT2D eigenvalue weighted by atomic mass is 19.1. The van der Waals surface area contributed by atoms with E-state index in [1.807, 2.05) is 20.8 Å².